The molecular weight excluding hydrogens is 328 g/mol. The second kappa shape index (κ2) is 6.00. The van der Waals surface area contributed by atoms with Crippen molar-refractivity contribution in [3.63, 3.8) is 0 Å². The Morgan fingerprint density at radius 2 is 1.64 bits per heavy atom. The summed E-state index contributed by atoms with van der Waals surface area (Å²) < 4.78 is 29.1. The number of aliphatic hydroxyl groups excluding tert-OH is 1. The monoisotopic (exact) mass is 345 g/mol. The topological polar surface area (TPSA) is 57.5 Å². The molecule has 1 aromatic heterocycles. The number of aliphatic hydroxyl groups is 1. The van der Waals surface area contributed by atoms with Crippen molar-refractivity contribution >= 4 is 27.8 Å². The third-order valence-electron chi connectivity index (χ3n) is 4.56. The second-order valence-corrected chi connectivity index (χ2v) is 6.27. The Kier molecular flexibility index (Phi) is 3.80. The lowest BCUT2D eigenvalue weighted by molar-refractivity contribution is 0.118. The average molecular weight is 345 g/mol. The van der Waals surface area contributed by atoms with Gasteiger partial charge in [0.1, 0.15) is 11.6 Å². The molecular formula is C18H17F2N3O2. The van der Waals surface area contributed by atoms with E-state index in [0.29, 0.717) is 34.9 Å². The number of aromatic nitrogens is 1. The fourth-order valence-corrected chi connectivity index (χ4v) is 3.45. The van der Waals surface area contributed by atoms with E-state index in [1.54, 1.807) is 17.0 Å². The van der Waals surface area contributed by atoms with Crippen LogP contribution in [-0.2, 0) is 6.54 Å². The normalized spacial score (nSPS) is 16.0. The van der Waals surface area contributed by atoms with Crippen LogP contribution in [0, 0.1) is 11.6 Å². The molecule has 2 heterocycles. The van der Waals surface area contributed by atoms with Gasteiger partial charge in [0.15, 0.2) is 0 Å². The van der Waals surface area contributed by atoms with E-state index in [1.165, 1.54) is 24.3 Å². The number of hydrogen-bond acceptors (Lipinski definition) is 2. The lowest BCUT2D eigenvalue weighted by Crippen LogP contribution is -2.37. The Hall–Kier alpha value is -2.67. The van der Waals surface area contributed by atoms with Gasteiger partial charge < -0.3 is 19.9 Å². The van der Waals surface area contributed by atoms with Gasteiger partial charge in [-0.3, -0.25) is 0 Å². The summed E-state index contributed by atoms with van der Waals surface area (Å²) in [5, 5.41) is 14.3. The minimum absolute atomic E-state index is 0.189. The minimum Gasteiger partial charge on any atom is -0.389 e. The first-order chi connectivity index (χ1) is 12.0. The lowest BCUT2D eigenvalue weighted by atomic mass is 10.1. The van der Waals surface area contributed by atoms with Gasteiger partial charge in [-0.15, -0.1) is 0 Å². The van der Waals surface area contributed by atoms with Crippen molar-refractivity contribution in [3.05, 3.63) is 48.0 Å². The van der Waals surface area contributed by atoms with Crippen molar-refractivity contribution in [2.24, 2.45) is 0 Å². The van der Waals surface area contributed by atoms with Gasteiger partial charge in [-0.1, -0.05) is 0 Å². The fourth-order valence-electron chi connectivity index (χ4n) is 3.45. The summed E-state index contributed by atoms with van der Waals surface area (Å²) in [6.45, 7) is 1.55. The van der Waals surface area contributed by atoms with E-state index in [1.807, 2.05) is 4.57 Å². The summed E-state index contributed by atoms with van der Waals surface area (Å²) in [5.41, 5.74) is 1.43. The first-order valence-corrected chi connectivity index (χ1v) is 8.11. The Bertz CT molecular complexity index is 911. The van der Waals surface area contributed by atoms with Gasteiger partial charge in [0.05, 0.1) is 19.2 Å². The predicted molar refractivity (Wildman–Crippen MR) is 90.3 cm³/mol. The highest BCUT2D eigenvalue weighted by molar-refractivity contribution is 6.08. The molecule has 1 fully saturated rings. The Morgan fingerprint density at radius 1 is 1.04 bits per heavy atom. The second-order valence-electron chi connectivity index (χ2n) is 6.27. The van der Waals surface area contributed by atoms with Crippen molar-refractivity contribution in [1.82, 2.24) is 14.8 Å². The number of rotatable bonds is 4. The smallest absolute Gasteiger partial charge is 0.317 e. The lowest BCUT2D eigenvalue weighted by Gasteiger charge is -2.20. The molecule has 0 unspecified atom stereocenters. The maximum atomic E-state index is 13.6. The molecule has 5 nitrogen and oxygen atoms in total. The molecule has 2 amide bonds. The highest BCUT2D eigenvalue weighted by Gasteiger charge is 2.23. The predicted octanol–water partition coefficient (Wildman–Crippen LogP) is 2.46. The molecule has 1 saturated heterocycles. The maximum Gasteiger partial charge on any atom is 0.317 e. The molecule has 3 aromatic rings. The molecule has 0 bridgehead atoms. The molecule has 0 spiro atoms. The zero-order chi connectivity index (χ0) is 17.6. The van der Waals surface area contributed by atoms with Gasteiger partial charge in [0, 0.05) is 34.9 Å². The van der Waals surface area contributed by atoms with Crippen LogP contribution in [0.1, 0.15) is 0 Å². The number of nitrogens with one attached hydrogen (secondary N) is 1. The van der Waals surface area contributed by atoms with Crippen LogP contribution in [0.15, 0.2) is 36.4 Å². The largest absolute Gasteiger partial charge is 0.389 e. The van der Waals surface area contributed by atoms with Gasteiger partial charge in [0.25, 0.3) is 0 Å². The molecule has 130 valence electrons. The summed E-state index contributed by atoms with van der Waals surface area (Å²) in [5.74, 6) is -0.796. The molecule has 2 N–H and O–H groups in total. The number of urea groups is 1. The molecule has 1 aliphatic rings. The number of carbonyl (C=O) groups is 1. The number of nitrogens with zero attached hydrogens (tertiary/aromatic N) is 2. The summed E-state index contributed by atoms with van der Waals surface area (Å²) >= 11 is 0. The Labute approximate surface area is 142 Å². The van der Waals surface area contributed by atoms with E-state index in [0.717, 1.165) is 0 Å². The number of amides is 2. The quantitative estimate of drug-likeness (QED) is 0.763. The molecule has 7 heteroatoms. The molecule has 1 atom stereocenters. The van der Waals surface area contributed by atoms with E-state index in [9.17, 15) is 18.7 Å². The standard InChI is InChI=1S/C18H17F2N3O2/c19-11-1-3-16-14(7-11)15-8-12(20)2-4-17(15)23(16)10-13(24)9-22-6-5-21-18(22)25/h1-4,7-8,13,24H,5-6,9-10H2,(H,21,25)/t13-/m0/s1. The summed E-state index contributed by atoms with van der Waals surface area (Å²) in [7, 11) is 0. The molecule has 1 aliphatic heterocycles. The molecule has 0 aliphatic carbocycles. The van der Waals surface area contributed by atoms with Gasteiger partial charge in [0.2, 0.25) is 0 Å². The van der Waals surface area contributed by atoms with E-state index in [4.69, 9.17) is 0 Å². The molecule has 4 rings (SSSR count). The van der Waals surface area contributed by atoms with Crippen LogP contribution in [0.3, 0.4) is 0 Å². The summed E-state index contributed by atoms with van der Waals surface area (Å²) in [4.78, 5) is 13.2. The SMILES string of the molecule is O=C1NCCN1C[C@H](O)Cn1c2ccc(F)cc2c2cc(F)ccc21. The van der Waals surface area contributed by atoms with Crippen LogP contribution >= 0.6 is 0 Å². The minimum atomic E-state index is -0.794. The number of fused-ring (bicyclic) bond motifs is 3. The molecule has 0 saturated carbocycles. The third kappa shape index (κ3) is 2.80. The number of hydrogen-bond donors (Lipinski definition) is 2. The van der Waals surface area contributed by atoms with Crippen molar-refractivity contribution in [2.75, 3.05) is 19.6 Å². The molecule has 0 radical (unpaired) electrons. The van der Waals surface area contributed by atoms with Crippen LogP contribution in [0.5, 0.6) is 0 Å². The first kappa shape index (κ1) is 15.8. The Morgan fingerprint density at radius 3 is 2.16 bits per heavy atom. The van der Waals surface area contributed by atoms with Crippen molar-refractivity contribution in [1.29, 1.82) is 0 Å². The zero-order valence-corrected chi connectivity index (χ0v) is 13.4. The fraction of sp³-hybridized carbons (Fsp3) is 0.278. The van der Waals surface area contributed by atoms with Crippen LogP contribution < -0.4 is 5.32 Å². The summed E-state index contributed by atoms with van der Waals surface area (Å²) in [6.07, 6.45) is -0.794. The molecule has 2 aromatic carbocycles. The number of halogens is 2. The van der Waals surface area contributed by atoms with Gasteiger partial charge >= 0.3 is 6.03 Å². The van der Waals surface area contributed by atoms with Gasteiger partial charge in [-0.2, -0.15) is 0 Å². The Balaban J connectivity index is 1.73. The molecule has 25 heavy (non-hydrogen) atoms. The van der Waals surface area contributed by atoms with E-state index in [-0.39, 0.29) is 19.1 Å². The number of benzene rings is 2. The van der Waals surface area contributed by atoms with Crippen LogP contribution in [-0.4, -0.2) is 46.3 Å². The highest BCUT2D eigenvalue weighted by Crippen LogP contribution is 2.30. The van der Waals surface area contributed by atoms with Crippen LogP contribution in [0.25, 0.3) is 21.8 Å². The van der Waals surface area contributed by atoms with Gasteiger partial charge in [-0.25, -0.2) is 13.6 Å². The average Bonchev–Trinajstić information content (AvgIpc) is 3.10. The zero-order valence-electron chi connectivity index (χ0n) is 13.4. The number of carbonyl (C=O) groups excluding carboxylic acids is 1. The maximum absolute atomic E-state index is 13.6. The third-order valence-corrected chi connectivity index (χ3v) is 4.56. The van der Waals surface area contributed by atoms with E-state index < -0.39 is 17.7 Å². The van der Waals surface area contributed by atoms with Crippen LogP contribution in [0.4, 0.5) is 13.6 Å². The van der Waals surface area contributed by atoms with E-state index in [2.05, 4.69) is 5.32 Å². The van der Waals surface area contributed by atoms with Crippen molar-refractivity contribution in [2.45, 2.75) is 12.6 Å². The summed E-state index contributed by atoms with van der Waals surface area (Å²) in [6, 6.07) is 8.48. The number of β-amino-alcohol motifs (C(OH)–C–C–N with tert-alkyl or cyclic N) is 1. The first-order valence-electron chi connectivity index (χ1n) is 8.11. The van der Waals surface area contributed by atoms with Gasteiger partial charge in [-0.05, 0) is 36.4 Å². The van der Waals surface area contributed by atoms with Crippen molar-refractivity contribution < 1.29 is 18.7 Å². The van der Waals surface area contributed by atoms with E-state index >= 15 is 0 Å². The highest BCUT2D eigenvalue weighted by atomic mass is 19.1. The van der Waals surface area contributed by atoms with Crippen molar-refractivity contribution in [3.8, 4) is 0 Å². The van der Waals surface area contributed by atoms with Crippen LogP contribution in [0.2, 0.25) is 0 Å².